The van der Waals surface area contributed by atoms with Gasteiger partial charge in [-0.05, 0) is 24.5 Å². The molecule has 0 aromatic carbocycles. The first-order valence-electron chi connectivity index (χ1n) is 8.03. The molecule has 128 valence electrons. The summed E-state index contributed by atoms with van der Waals surface area (Å²) in [6.45, 7) is 6.72. The molecule has 0 bridgehead atoms. The van der Waals surface area contributed by atoms with Crippen molar-refractivity contribution < 1.29 is 4.79 Å². The van der Waals surface area contributed by atoms with E-state index in [1.54, 1.807) is 23.5 Å². The van der Waals surface area contributed by atoms with Crippen molar-refractivity contribution >= 4 is 20.9 Å². The van der Waals surface area contributed by atoms with Gasteiger partial charge in [0.1, 0.15) is 0 Å². The Balaban J connectivity index is 0.00000127. The van der Waals surface area contributed by atoms with Crippen LogP contribution in [0.15, 0.2) is 18.5 Å². The molecule has 1 N–H and O–H groups in total. The van der Waals surface area contributed by atoms with Gasteiger partial charge in [0.05, 0.1) is 18.1 Å². The van der Waals surface area contributed by atoms with E-state index in [0.717, 1.165) is 23.3 Å². The first kappa shape index (κ1) is 19.5. The SMILES string of the molecule is CC.CCC(Cc1cnn2cc(CNP)nc2c1)C(=O)N(C)C. The molecule has 2 aromatic rings. The maximum atomic E-state index is 12.1. The van der Waals surface area contributed by atoms with Crippen LogP contribution in [0, 0.1) is 5.92 Å². The van der Waals surface area contributed by atoms with E-state index in [4.69, 9.17) is 0 Å². The highest BCUT2D eigenvalue weighted by Crippen LogP contribution is 2.15. The van der Waals surface area contributed by atoms with Crippen LogP contribution in [0.5, 0.6) is 0 Å². The molecule has 2 rings (SSSR count). The lowest BCUT2D eigenvalue weighted by Gasteiger charge is -2.19. The summed E-state index contributed by atoms with van der Waals surface area (Å²) >= 11 is 0. The van der Waals surface area contributed by atoms with Crippen LogP contribution in [0.2, 0.25) is 0 Å². The van der Waals surface area contributed by atoms with Gasteiger partial charge in [-0.2, -0.15) is 5.10 Å². The average molecular weight is 337 g/mol. The van der Waals surface area contributed by atoms with Gasteiger partial charge in [-0.15, -0.1) is 0 Å². The summed E-state index contributed by atoms with van der Waals surface area (Å²) in [7, 11) is 6.05. The molecule has 0 aliphatic carbocycles. The molecular formula is C16H28N5OP. The van der Waals surface area contributed by atoms with Gasteiger partial charge in [0.15, 0.2) is 5.65 Å². The minimum Gasteiger partial charge on any atom is -0.349 e. The van der Waals surface area contributed by atoms with Crippen molar-refractivity contribution in [2.45, 2.75) is 40.2 Å². The van der Waals surface area contributed by atoms with Gasteiger partial charge < -0.3 is 4.90 Å². The molecule has 0 saturated carbocycles. The molecule has 0 radical (unpaired) electrons. The molecule has 0 spiro atoms. The largest absolute Gasteiger partial charge is 0.349 e. The van der Waals surface area contributed by atoms with Crippen molar-refractivity contribution in [1.82, 2.24) is 24.6 Å². The van der Waals surface area contributed by atoms with Crippen molar-refractivity contribution in [2.24, 2.45) is 5.92 Å². The van der Waals surface area contributed by atoms with E-state index in [0.29, 0.717) is 13.0 Å². The van der Waals surface area contributed by atoms with E-state index >= 15 is 0 Å². The maximum absolute atomic E-state index is 12.1. The molecule has 0 fully saturated rings. The Morgan fingerprint density at radius 3 is 2.70 bits per heavy atom. The molecule has 1 amide bonds. The van der Waals surface area contributed by atoms with E-state index in [1.807, 2.05) is 39.2 Å². The summed E-state index contributed by atoms with van der Waals surface area (Å²) in [5.41, 5.74) is 2.79. The number of carbonyl (C=O) groups is 1. The van der Waals surface area contributed by atoms with Crippen molar-refractivity contribution in [3.63, 3.8) is 0 Å². The highest BCUT2D eigenvalue weighted by Gasteiger charge is 2.19. The van der Waals surface area contributed by atoms with Crippen LogP contribution in [0.25, 0.3) is 5.65 Å². The summed E-state index contributed by atoms with van der Waals surface area (Å²) < 4.78 is 1.76. The van der Waals surface area contributed by atoms with Crippen LogP contribution >= 0.6 is 9.39 Å². The third-order valence-corrected chi connectivity index (χ3v) is 3.68. The average Bonchev–Trinajstić information content (AvgIpc) is 2.95. The van der Waals surface area contributed by atoms with Crippen molar-refractivity contribution in [1.29, 1.82) is 0 Å². The van der Waals surface area contributed by atoms with Crippen molar-refractivity contribution in [3.05, 3.63) is 29.7 Å². The molecule has 2 heterocycles. The number of amides is 1. The molecule has 2 atom stereocenters. The number of carbonyl (C=O) groups excluding carboxylic acids is 1. The van der Waals surface area contributed by atoms with Gasteiger partial charge in [-0.1, -0.05) is 30.2 Å². The molecule has 2 unspecified atom stereocenters. The Morgan fingerprint density at radius 1 is 1.43 bits per heavy atom. The number of aromatic nitrogens is 3. The zero-order chi connectivity index (χ0) is 17.4. The van der Waals surface area contributed by atoms with Gasteiger partial charge in [0, 0.05) is 26.6 Å². The van der Waals surface area contributed by atoms with E-state index < -0.39 is 0 Å². The molecule has 0 aliphatic heterocycles. The topological polar surface area (TPSA) is 62.5 Å². The number of imidazole rings is 1. The van der Waals surface area contributed by atoms with Gasteiger partial charge in [0.25, 0.3) is 0 Å². The second kappa shape index (κ2) is 9.58. The van der Waals surface area contributed by atoms with Gasteiger partial charge in [0.2, 0.25) is 5.91 Å². The number of nitrogens with zero attached hydrogens (tertiary/aromatic N) is 4. The summed E-state index contributed by atoms with van der Waals surface area (Å²) in [4.78, 5) is 18.3. The van der Waals surface area contributed by atoms with Crippen LogP contribution < -0.4 is 5.09 Å². The van der Waals surface area contributed by atoms with Crippen molar-refractivity contribution in [3.8, 4) is 0 Å². The van der Waals surface area contributed by atoms with Crippen LogP contribution in [0.4, 0.5) is 0 Å². The Kier molecular flexibility index (Phi) is 8.13. The second-order valence-corrected chi connectivity index (χ2v) is 5.73. The molecule has 7 heteroatoms. The fourth-order valence-electron chi connectivity index (χ4n) is 2.32. The van der Waals surface area contributed by atoms with Gasteiger partial charge in [-0.3, -0.25) is 9.88 Å². The minimum atomic E-state index is -0.00705. The number of hydrogen-bond acceptors (Lipinski definition) is 4. The number of nitrogens with one attached hydrogen (secondary N) is 1. The Bertz CT molecular complexity index is 626. The monoisotopic (exact) mass is 337 g/mol. The predicted octanol–water partition coefficient (Wildman–Crippen LogP) is 2.29. The lowest BCUT2D eigenvalue weighted by molar-refractivity contribution is -0.133. The molecule has 6 nitrogen and oxygen atoms in total. The lowest BCUT2D eigenvalue weighted by Crippen LogP contribution is -2.30. The van der Waals surface area contributed by atoms with E-state index in [-0.39, 0.29) is 11.8 Å². The summed E-state index contributed by atoms with van der Waals surface area (Å²) in [5.74, 6) is 0.154. The third-order valence-electron chi connectivity index (χ3n) is 3.47. The molecule has 0 aliphatic rings. The van der Waals surface area contributed by atoms with Gasteiger partial charge in [-0.25, -0.2) is 9.50 Å². The first-order chi connectivity index (χ1) is 11.0. The van der Waals surface area contributed by atoms with Crippen molar-refractivity contribution in [2.75, 3.05) is 14.1 Å². The van der Waals surface area contributed by atoms with Crippen LogP contribution in [0.3, 0.4) is 0 Å². The summed E-state index contributed by atoms with van der Waals surface area (Å²) in [6, 6.07) is 2.00. The standard InChI is InChI=1S/C14H22N5OP.C2H6/c1-4-11(14(20)18(2)3)5-10-6-13-17-12(8-16-21)9-19(13)15-7-10;1-2/h6-7,9,11,16H,4-5,8,21H2,1-3H3;1-2H3. The summed E-state index contributed by atoms with van der Waals surface area (Å²) in [5, 5.41) is 7.36. The smallest absolute Gasteiger partial charge is 0.225 e. The molecule has 2 aromatic heterocycles. The quantitative estimate of drug-likeness (QED) is 0.822. The van der Waals surface area contributed by atoms with E-state index in [9.17, 15) is 4.79 Å². The Labute approximate surface area is 140 Å². The number of rotatable bonds is 6. The van der Waals surface area contributed by atoms with Crippen LogP contribution in [0.1, 0.15) is 38.4 Å². The fraction of sp³-hybridized carbons (Fsp3) is 0.562. The first-order valence-corrected chi connectivity index (χ1v) is 8.60. The maximum Gasteiger partial charge on any atom is 0.225 e. The second-order valence-electron chi connectivity index (χ2n) is 5.32. The zero-order valence-corrected chi connectivity index (χ0v) is 15.9. The summed E-state index contributed by atoms with van der Waals surface area (Å²) in [6.07, 6.45) is 5.23. The number of hydrogen-bond donors (Lipinski definition) is 1. The molecule has 23 heavy (non-hydrogen) atoms. The normalized spacial score (nSPS) is 11.7. The highest BCUT2D eigenvalue weighted by atomic mass is 31.0. The van der Waals surface area contributed by atoms with Crippen LogP contribution in [-0.4, -0.2) is 39.5 Å². The molecule has 0 saturated heterocycles. The number of fused-ring (bicyclic) bond motifs is 1. The fourth-order valence-corrected chi connectivity index (χ4v) is 2.53. The Morgan fingerprint density at radius 2 is 2.13 bits per heavy atom. The van der Waals surface area contributed by atoms with E-state index in [2.05, 4.69) is 24.6 Å². The van der Waals surface area contributed by atoms with E-state index in [1.165, 1.54) is 0 Å². The zero-order valence-electron chi connectivity index (χ0n) is 14.7. The highest BCUT2D eigenvalue weighted by molar-refractivity contribution is 7.13. The lowest BCUT2D eigenvalue weighted by atomic mass is 9.97. The predicted molar refractivity (Wildman–Crippen MR) is 97.1 cm³/mol. The molecular weight excluding hydrogens is 309 g/mol. The third kappa shape index (κ3) is 5.26. The van der Waals surface area contributed by atoms with Crippen LogP contribution in [-0.2, 0) is 17.8 Å². The Hall–Kier alpha value is -1.52. The van der Waals surface area contributed by atoms with Gasteiger partial charge >= 0.3 is 0 Å². The minimum absolute atomic E-state index is 0.00705.